The van der Waals surface area contributed by atoms with Gasteiger partial charge >= 0.3 is 0 Å². The van der Waals surface area contributed by atoms with E-state index < -0.39 is 10.0 Å². The monoisotopic (exact) mass is 288 g/mol. The summed E-state index contributed by atoms with van der Waals surface area (Å²) in [5.41, 5.74) is 0.792. The van der Waals surface area contributed by atoms with Crippen LogP contribution in [0.4, 0.5) is 0 Å². The highest BCUT2D eigenvalue weighted by Gasteiger charge is 2.25. The van der Waals surface area contributed by atoms with Crippen LogP contribution in [0.1, 0.15) is 28.8 Å². The summed E-state index contributed by atoms with van der Waals surface area (Å²) in [7, 11) is -3.88. The van der Waals surface area contributed by atoms with E-state index in [0.29, 0.717) is 5.56 Å². The fourth-order valence-corrected chi connectivity index (χ4v) is 2.39. The lowest BCUT2D eigenvalue weighted by atomic mass is 10.1. The smallest absolute Gasteiger partial charge is 0.251 e. The van der Waals surface area contributed by atoms with Gasteiger partial charge in [-0.25, -0.2) is 13.6 Å². The van der Waals surface area contributed by atoms with E-state index in [2.05, 4.69) is 5.32 Å². The third kappa shape index (κ3) is 2.82. The van der Waals surface area contributed by atoms with Crippen LogP contribution in [-0.2, 0) is 10.0 Å². The molecule has 1 aromatic rings. The standard InChI is InChI=1S/C11H13ClN2O3S/c1-6-9(11(15)14-7-2-3-7)4-8(5-10(6)12)18(13,16)17/h4-5,7H,2-3H2,1H3,(H,14,15)(H2,13,16,17). The number of nitrogens with two attached hydrogens (primary N) is 1. The number of carbonyl (C=O) groups excluding carboxylic acids is 1. The molecule has 7 heteroatoms. The summed E-state index contributed by atoms with van der Waals surface area (Å²) in [5.74, 6) is -0.317. The molecular formula is C11H13ClN2O3S. The third-order valence-electron chi connectivity index (χ3n) is 2.80. The number of nitrogens with one attached hydrogen (secondary N) is 1. The summed E-state index contributed by atoms with van der Waals surface area (Å²) in [4.78, 5) is 11.8. The molecule has 5 nitrogen and oxygen atoms in total. The summed E-state index contributed by atoms with van der Waals surface area (Å²) in [6.45, 7) is 1.66. The Morgan fingerprint density at radius 1 is 1.44 bits per heavy atom. The second-order valence-corrected chi connectivity index (χ2v) is 6.34. The maximum atomic E-state index is 11.9. The minimum atomic E-state index is -3.88. The molecule has 0 spiro atoms. The van der Waals surface area contributed by atoms with E-state index in [1.807, 2.05) is 0 Å². The Labute approximate surface area is 110 Å². The van der Waals surface area contributed by atoms with Gasteiger partial charge in [0.2, 0.25) is 10.0 Å². The molecule has 2 rings (SSSR count). The Morgan fingerprint density at radius 3 is 2.56 bits per heavy atom. The van der Waals surface area contributed by atoms with Crippen molar-refractivity contribution in [2.24, 2.45) is 5.14 Å². The van der Waals surface area contributed by atoms with Crippen molar-refractivity contribution < 1.29 is 13.2 Å². The normalized spacial score (nSPS) is 15.5. The van der Waals surface area contributed by atoms with Gasteiger partial charge in [0, 0.05) is 16.6 Å². The van der Waals surface area contributed by atoms with Crippen molar-refractivity contribution in [1.82, 2.24) is 5.32 Å². The molecule has 0 unspecified atom stereocenters. The summed E-state index contributed by atoms with van der Waals surface area (Å²) in [5, 5.41) is 8.03. The van der Waals surface area contributed by atoms with E-state index in [-0.39, 0.29) is 27.4 Å². The van der Waals surface area contributed by atoms with Gasteiger partial charge in [-0.05, 0) is 37.5 Å². The van der Waals surface area contributed by atoms with Gasteiger partial charge in [0.1, 0.15) is 0 Å². The molecule has 0 bridgehead atoms. The van der Waals surface area contributed by atoms with Crippen LogP contribution in [0, 0.1) is 6.92 Å². The van der Waals surface area contributed by atoms with Gasteiger partial charge in [-0.1, -0.05) is 11.6 Å². The van der Waals surface area contributed by atoms with Crippen LogP contribution in [0.2, 0.25) is 5.02 Å². The molecule has 0 aliphatic heterocycles. The molecule has 1 saturated carbocycles. The van der Waals surface area contributed by atoms with Crippen molar-refractivity contribution in [3.8, 4) is 0 Å². The van der Waals surface area contributed by atoms with Crippen molar-refractivity contribution in [3.05, 3.63) is 28.3 Å². The topological polar surface area (TPSA) is 89.3 Å². The maximum Gasteiger partial charge on any atom is 0.251 e. The van der Waals surface area contributed by atoms with Gasteiger partial charge in [-0.2, -0.15) is 0 Å². The van der Waals surface area contributed by atoms with E-state index in [4.69, 9.17) is 16.7 Å². The number of sulfonamides is 1. The van der Waals surface area contributed by atoms with Gasteiger partial charge < -0.3 is 5.32 Å². The summed E-state index contributed by atoms with van der Waals surface area (Å²) >= 11 is 5.92. The van der Waals surface area contributed by atoms with Crippen molar-refractivity contribution >= 4 is 27.5 Å². The van der Waals surface area contributed by atoms with E-state index >= 15 is 0 Å². The Balaban J connectivity index is 2.44. The van der Waals surface area contributed by atoms with E-state index in [1.165, 1.54) is 12.1 Å². The molecule has 0 saturated heterocycles. The fraction of sp³-hybridized carbons (Fsp3) is 0.364. The third-order valence-corrected chi connectivity index (χ3v) is 4.09. The number of rotatable bonds is 3. The van der Waals surface area contributed by atoms with Crippen LogP contribution in [0.15, 0.2) is 17.0 Å². The average Bonchev–Trinajstić information content (AvgIpc) is 3.03. The van der Waals surface area contributed by atoms with Crippen LogP contribution < -0.4 is 10.5 Å². The largest absolute Gasteiger partial charge is 0.349 e. The van der Waals surface area contributed by atoms with Gasteiger partial charge in [-0.15, -0.1) is 0 Å². The molecule has 1 amide bonds. The molecule has 18 heavy (non-hydrogen) atoms. The Kier molecular flexibility index (Phi) is 3.35. The average molecular weight is 289 g/mol. The lowest BCUT2D eigenvalue weighted by Gasteiger charge is -2.10. The van der Waals surface area contributed by atoms with Crippen LogP contribution in [-0.4, -0.2) is 20.4 Å². The Hall–Kier alpha value is -1.11. The highest BCUT2D eigenvalue weighted by Crippen LogP contribution is 2.25. The predicted octanol–water partition coefficient (Wildman–Crippen LogP) is 1.19. The minimum Gasteiger partial charge on any atom is -0.349 e. The molecule has 0 aromatic heterocycles. The number of carbonyl (C=O) groups is 1. The Bertz CT molecular complexity index is 609. The van der Waals surface area contributed by atoms with Gasteiger partial charge in [0.05, 0.1) is 4.90 Å². The van der Waals surface area contributed by atoms with Crippen LogP contribution in [0.25, 0.3) is 0 Å². The Morgan fingerprint density at radius 2 is 2.06 bits per heavy atom. The van der Waals surface area contributed by atoms with Crippen molar-refractivity contribution in [1.29, 1.82) is 0 Å². The van der Waals surface area contributed by atoms with Gasteiger partial charge in [0.15, 0.2) is 0 Å². The van der Waals surface area contributed by atoms with Gasteiger partial charge in [0.25, 0.3) is 5.91 Å². The molecule has 1 aliphatic carbocycles. The zero-order valence-corrected chi connectivity index (χ0v) is 11.3. The predicted molar refractivity (Wildman–Crippen MR) is 68.1 cm³/mol. The molecule has 0 heterocycles. The molecule has 0 radical (unpaired) electrons. The summed E-state index contributed by atoms with van der Waals surface area (Å²) in [6, 6.07) is 2.70. The number of benzene rings is 1. The first-order valence-corrected chi connectivity index (χ1v) is 7.35. The van der Waals surface area contributed by atoms with E-state index in [9.17, 15) is 13.2 Å². The first-order valence-electron chi connectivity index (χ1n) is 5.43. The summed E-state index contributed by atoms with van der Waals surface area (Å²) < 4.78 is 22.6. The second kappa shape index (κ2) is 4.53. The van der Waals surface area contributed by atoms with Crippen LogP contribution in [0.5, 0.6) is 0 Å². The lowest BCUT2D eigenvalue weighted by molar-refractivity contribution is 0.0950. The zero-order chi connectivity index (χ0) is 13.5. The molecule has 0 atom stereocenters. The van der Waals surface area contributed by atoms with Crippen LogP contribution >= 0.6 is 11.6 Å². The second-order valence-electron chi connectivity index (χ2n) is 4.37. The van der Waals surface area contributed by atoms with E-state index in [1.54, 1.807) is 6.92 Å². The quantitative estimate of drug-likeness (QED) is 0.875. The minimum absolute atomic E-state index is 0.154. The van der Waals surface area contributed by atoms with Crippen molar-refractivity contribution in [2.75, 3.05) is 0 Å². The number of primary sulfonamides is 1. The van der Waals surface area contributed by atoms with Gasteiger partial charge in [-0.3, -0.25) is 4.79 Å². The maximum absolute atomic E-state index is 11.9. The molecule has 98 valence electrons. The first kappa shape index (κ1) is 13.3. The molecule has 3 N–H and O–H groups in total. The van der Waals surface area contributed by atoms with Crippen molar-refractivity contribution in [3.63, 3.8) is 0 Å². The highest BCUT2D eigenvalue weighted by molar-refractivity contribution is 7.89. The lowest BCUT2D eigenvalue weighted by Crippen LogP contribution is -2.26. The molecule has 1 aliphatic rings. The first-order chi connectivity index (χ1) is 8.29. The number of amides is 1. The van der Waals surface area contributed by atoms with E-state index in [0.717, 1.165) is 12.8 Å². The van der Waals surface area contributed by atoms with Crippen LogP contribution in [0.3, 0.4) is 0 Å². The molecule has 1 fully saturated rings. The number of hydrogen-bond acceptors (Lipinski definition) is 3. The summed E-state index contributed by atoms with van der Waals surface area (Å²) in [6.07, 6.45) is 1.90. The van der Waals surface area contributed by atoms with Crippen molar-refractivity contribution in [2.45, 2.75) is 30.7 Å². The fourth-order valence-electron chi connectivity index (χ4n) is 1.54. The molecular weight excluding hydrogens is 276 g/mol. The zero-order valence-electron chi connectivity index (χ0n) is 9.73. The number of hydrogen-bond donors (Lipinski definition) is 2. The molecule has 1 aromatic carbocycles. The highest BCUT2D eigenvalue weighted by atomic mass is 35.5. The SMILES string of the molecule is Cc1c(Cl)cc(S(N)(=O)=O)cc1C(=O)NC1CC1. The number of halogens is 1.